The van der Waals surface area contributed by atoms with Crippen molar-refractivity contribution in [1.29, 1.82) is 0 Å². The Morgan fingerprint density at radius 2 is 2.13 bits per heavy atom. The van der Waals surface area contributed by atoms with E-state index in [9.17, 15) is 23.1 Å². The number of likely N-dealkylation sites (tertiary alicyclic amines) is 1. The molecule has 1 aliphatic rings. The smallest absolute Gasteiger partial charge is 0.389 e. The van der Waals surface area contributed by atoms with Crippen molar-refractivity contribution in [3.63, 3.8) is 0 Å². The molecule has 1 saturated heterocycles. The third kappa shape index (κ3) is 4.51. The number of carbonyl (C=O) groups is 1. The van der Waals surface area contributed by atoms with Crippen molar-refractivity contribution >= 4 is 5.91 Å². The highest BCUT2D eigenvalue weighted by Gasteiger charge is 2.30. The molecule has 1 N–H and O–H groups in total. The normalized spacial score (nSPS) is 22.9. The van der Waals surface area contributed by atoms with E-state index in [1.54, 1.807) is 0 Å². The fourth-order valence-electron chi connectivity index (χ4n) is 1.59. The molecule has 1 unspecified atom stereocenters. The molecule has 1 fully saturated rings. The van der Waals surface area contributed by atoms with E-state index in [1.165, 1.54) is 4.90 Å². The van der Waals surface area contributed by atoms with Gasteiger partial charge in [0.15, 0.2) is 0 Å². The second-order valence-corrected chi connectivity index (χ2v) is 3.75. The number of rotatable bonds is 2. The van der Waals surface area contributed by atoms with Crippen LogP contribution in [-0.4, -0.2) is 41.3 Å². The molecule has 1 heterocycles. The zero-order valence-corrected chi connectivity index (χ0v) is 8.26. The van der Waals surface area contributed by atoms with Gasteiger partial charge >= 0.3 is 6.18 Å². The van der Waals surface area contributed by atoms with Crippen LogP contribution in [0, 0.1) is 0 Å². The van der Waals surface area contributed by atoms with Crippen molar-refractivity contribution in [2.45, 2.75) is 38.0 Å². The molecule has 0 aromatic carbocycles. The first-order chi connectivity index (χ1) is 6.88. The molecule has 1 atom stereocenters. The lowest BCUT2D eigenvalue weighted by Gasteiger charge is -2.30. The second kappa shape index (κ2) is 4.83. The quantitative estimate of drug-likeness (QED) is 0.769. The minimum atomic E-state index is -4.29. The van der Waals surface area contributed by atoms with Crippen LogP contribution in [0.2, 0.25) is 0 Å². The van der Waals surface area contributed by atoms with Crippen molar-refractivity contribution in [2.24, 2.45) is 0 Å². The lowest BCUT2D eigenvalue weighted by molar-refractivity contribution is -0.150. The van der Waals surface area contributed by atoms with Gasteiger partial charge in [-0.2, -0.15) is 13.2 Å². The van der Waals surface area contributed by atoms with E-state index in [1.807, 2.05) is 0 Å². The van der Waals surface area contributed by atoms with E-state index in [0.29, 0.717) is 19.4 Å². The summed E-state index contributed by atoms with van der Waals surface area (Å²) in [6.07, 6.45) is -5.21. The van der Waals surface area contributed by atoms with Crippen LogP contribution in [0.5, 0.6) is 0 Å². The van der Waals surface area contributed by atoms with E-state index in [0.717, 1.165) is 0 Å². The Morgan fingerprint density at radius 1 is 1.47 bits per heavy atom. The van der Waals surface area contributed by atoms with Gasteiger partial charge in [0.25, 0.3) is 0 Å². The molecule has 15 heavy (non-hydrogen) atoms. The van der Waals surface area contributed by atoms with Gasteiger partial charge in [-0.25, -0.2) is 0 Å². The molecule has 0 aliphatic carbocycles. The molecular weight excluding hydrogens is 211 g/mol. The number of carbonyl (C=O) groups excluding carboxylic acids is 1. The first-order valence-corrected chi connectivity index (χ1v) is 4.91. The summed E-state index contributed by atoms with van der Waals surface area (Å²) >= 11 is 0. The van der Waals surface area contributed by atoms with Crippen molar-refractivity contribution < 1.29 is 23.1 Å². The summed E-state index contributed by atoms with van der Waals surface area (Å²) in [6, 6.07) is 0. The molecule has 1 rings (SSSR count). The average molecular weight is 225 g/mol. The van der Waals surface area contributed by atoms with Crippen molar-refractivity contribution in [3.05, 3.63) is 0 Å². The Bertz CT molecular complexity index is 230. The molecule has 88 valence electrons. The van der Waals surface area contributed by atoms with Crippen LogP contribution in [0.4, 0.5) is 13.2 Å². The minimum Gasteiger partial charge on any atom is -0.391 e. The Kier molecular flexibility index (Phi) is 3.96. The van der Waals surface area contributed by atoms with Crippen LogP contribution in [0.15, 0.2) is 0 Å². The van der Waals surface area contributed by atoms with Gasteiger partial charge in [-0.05, 0) is 12.8 Å². The maximum Gasteiger partial charge on any atom is 0.389 e. The first kappa shape index (κ1) is 12.3. The zero-order chi connectivity index (χ0) is 11.5. The largest absolute Gasteiger partial charge is 0.391 e. The van der Waals surface area contributed by atoms with Crippen LogP contribution in [-0.2, 0) is 4.79 Å². The van der Waals surface area contributed by atoms with Gasteiger partial charge in [-0.15, -0.1) is 0 Å². The summed E-state index contributed by atoms with van der Waals surface area (Å²) in [5, 5.41) is 9.24. The number of aliphatic hydroxyl groups is 1. The third-order valence-electron chi connectivity index (χ3n) is 2.37. The molecule has 1 aliphatic heterocycles. The van der Waals surface area contributed by atoms with Gasteiger partial charge in [0.05, 0.1) is 12.5 Å². The summed E-state index contributed by atoms with van der Waals surface area (Å²) in [4.78, 5) is 12.6. The number of β-amino-alcohol motifs (C(OH)–C–C–N with tert-alkyl or cyclic N) is 1. The number of piperidine rings is 1. The Labute approximate surface area is 85.9 Å². The van der Waals surface area contributed by atoms with Crippen LogP contribution in [0.25, 0.3) is 0 Å². The highest BCUT2D eigenvalue weighted by atomic mass is 19.4. The lowest BCUT2D eigenvalue weighted by atomic mass is 10.1. The van der Waals surface area contributed by atoms with E-state index in [4.69, 9.17) is 0 Å². The molecule has 0 aromatic heterocycles. The van der Waals surface area contributed by atoms with Crippen molar-refractivity contribution in [2.75, 3.05) is 13.1 Å². The van der Waals surface area contributed by atoms with Crippen LogP contribution >= 0.6 is 0 Å². The maximum atomic E-state index is 11.8. The van der Waals surface area contributed by atoms with Gasteiger partial charge in [-0.3, -0.25) is 4.79 Å². The molecule has 0 saturated carbocycles. The summed E-state index contributed by atoms with van der Waals surface area (Å²) in [6.45, 7) is 0.616. The molecule has 0 spiro atoms. The Morgan fingerprint density at radius 3 is 2.67 bits per heavy atom. The zero-order valence-electron chi connectivity index (χ0n) is 8.26. The molecule has 1 amide bonds. The number of hydrogen-bond acceptors (Lipinski definition) is 2. The minimum absolute atomic E-state index is 0.163. The number of alkyl halides is 3. The standard InChI is InChI=1S/C9H14F3NO2/c10-9(11,12)4-3-8(15)13-5-1-2-7(14)6-13/h7,14H,1-6H2. The van der Waals surface area contributed by atoms with Crippen molar-refractivity contribution in [1.82, 2.24) is 4.90 Å². The first-order valence-electron chi connectivity index (χ1n) is 4.91. The Hall–Kier alpha value is -0.780. The molecule has 3 nitrogen and oxygen atoms in total. The highest BCUT2D eigenvalue weighted by Crippen LogP contribution is 2.22. The second-order valence-electron chi connectivity index (χ2n) is 3.75. The van der Waals surface area contributed by atoms with Gasteiger partial charge in [0.2, 0.25) is 5.91 Å². The SMILES string of the molecule is O=C(CCC(F)(F)F)N1CCCC(O)C1. The van der Waals surface area contributed by atoms with Gasteiger partial charge < -0.3 is 10.0 Å². The van der Waals surface area contributed by atoms with Crippen LogP contribution in [0.3, 0.4) is 0 Å². The number of hydrogen-bond donors (Lipinski definition) is 1. The predicted octanol–water partition coefficient (Wildman–Crippen LogP) is 1.31. The predicted molar refractivity (Wildman–Crippen MR) is 47.1 cm³/mol. The lowest BCUT2D eigenvalue weighted by Crippen LogP contribution is -2.42. The summed E-state index contributed by atoms with van der Waals surface area (Å²) < 4.78 is 35.5. The number of halogens is 3. The molecule has 0 radical (unpaired) electrons. The van der Waals surface area contributed by atoms with E-state index in [2.05, 4.69) is 0 Å². The van der Waals surface area contributed by atoms with E-state index >= 15 is 0 Å². The Balaban J connectivity index is 2.33. The number of aliphatic hydroxyl groups excluding tert-OH is 1. The fourth-order valence-corrected chi connectivity index (χ4v) is 1.59. The molecule has 0 bridgehead atoms. The topological polar surface area (TPSA) is 40.5 Å². The summed E-state index contributed by atoms with van der Waals surface area (Å²) in [7, 11) is 0. The average Bonchev–Trinajstić information content (AvgIpc) is 2.13. The third-order valence-corrected chi connectivity index (χ3v) is 2.37. The molecule has 0 aromatic rings. The highest BCUT2D eigenvalue weighted by molar-refractivity contribution is 5.76. The van der Waals surface area contributed by atoms with Crippen molar-refractivity contribution in [3.8, 4) is 0 Å². The number of nitrogens with zero attached hydrogens (tertiary/aromatic N) is 1. The van der Waals surface area contributed by atoms with E-state index < -0.39 is 31.0 Å². The summed E-state index contributed by atoms with van der Waals surface area (Å²) in [5.41, 5.74) is 0. The van der Waals surface area contributed by atoms with Crippen LogP contribution < -0.4 is 0 Å². The monoisotopic (exact) mass is 225 g/mol. The fraction of sp³-hybridized carbons (Fsp3) is 0.889. The van der Waals surface area contributed by atoms with Gasteiger partial charge in [-0.1, -0.05) is 0 Å². The van der Waals surface area contributed by atoms with Crippen LogP contribution in [0.1, 0.15) is 25.7 Å². The van der Waals surface area contributed by atoms with Gasteiger partial charge in [0, 0.05) is 19.5 Å². The van der Waals surface area contributed by atoms with Gasteiger partial charge in [0.1, 0.15) is 0 Å². The molecule has 6 heteroatoms. The van der Waals surface area contributed by atoms with E-state index in [-0.39, 0.29) is 6.54 Å². The summed E-state index contributed by atoms with van der Waals surface area (Å²) in [5.74, 6) is -0.522. The maximum absolute atomic E-state index is 11.8. The molecular formula is C9H14F3NO2. The number of amides is 1.